The van der Waals surface area contributed by atoms with E-state index in [2.05, 4.69) is 5.32 Å². The van der Waals surface area contributed by atoms with Crippen molar-refractivity contribution >= 4 is 5.91 Å². The van der Waals surface area contributed by atoms with Gasteiger partial charge in [0.2, 0.25) is 0 Å². The van der Waals surface area contributed by atoms with Crippen LogP contribution in [0.2, 0.25) is 0 Å². The quantitative estimate of drug-likeness (QED) is 0.875. The van der Waals surface area contributed by atoms with Gasteiger partial charge in [-0.2, -0.15) is 0 Å². The molecular weight excluding hydrogens is 264 g/mol. The lowest BCUT2D eigenvalue weighted by Gasteiger charge is -2.32. The monoisotopic (exact) mass is 290 g/mol. The molecule has 1 amide bonds. The Hall–Kier alpha value is -1.55. The van der Waals surface area contributed by atoms with Gasteiger partial charge in [-0.15, -0.1) is 0 Å². The number of rotatable bonds is 5. The van der Waals surface area contributed by atoms with Gasteiger partial charge in [0.25, 0.3) is 5.91 Å². The number of benzene rings is 1. The highest BCUT2D eigenvalue weighted by atomic mass is 16.5. The average molecular weight is 290 g/mol. The lowest BCUT2D eigenvalue weighted by Crippen LogP contribution is -2.48. The zero-order valence-electron chi connectivity index (χ0n) is 13.0. The molecule has 116 valence electrons. The van der Waals surface area contributed by atoms with Gasteiger partial charge in [-0.25, -0.2) is 0 Å². The van der Waals surface area contributed by atoms with E-state index in [1.165, 1.54) is 12.0 Å². The first kappa shape index (κ1) is 15.8. The lowest BCUT2D eigenvalue weighted by molar-refractivity contribution is -0.128. The van der Waals surface area contributed by atoms with Crippen LogP contribution in [-0.4, -0.2) is 24.6 Å². The molecule has 2 rings (SSSR count). The van der Waals surface area contributed by atoms with E-state index in [0.717, 1.165) is 25.0 Å². The molecule has 3 unspecified atom stereocenters. The van der Waals surface area contributed by atoms with Crippen LogP contribution in [0.15, 0.2) is 24.3 Å². The summed E-state index contributed by atoms with van der Waals surface area (Å²) < 4.78 is 5.70. The third kappa shape index (κ3) is 4.46. The predicted octanol–water partition coefficient (Wildman–Crippen LogP) is 2.40. The van der Waals surface area contributed by atoms with Gasteiger partial charge < -0.3 is 15.8 Å². The molecule has 0 aromatic heterocycles. The standard InChI is InChI=1S/C17H26N2O2/c1-12-7-9-15(10-8-12)21-13(2)17(20)19-16-6-4-3-5-14(16)11-18/h7-10,13-14,16H,3-6,11,18H2,1-2H3,(H,19,20). The summed E-state index contributed by atoms with van der Waals surface area (Å²) >= 11 is 0. The molecule has 1 aliphatic rings. The van der Waals surface area contributed by atoms with Gasteiger partial charge in [0.15, 0.2) is 6.10 Å². The van der Waals surface area contributed by atoms with Crippen molar-refractivity contribution < 1.29 is 9.53 Å². The highest BCUT2D eigenvalue weighted by Crippen LogP contribution is 2.23. The van der Waals surface area contributed by atoms with E-state index in [1.807, 2.05) is 31.2 Å². The van der Waals surface area contributed by atoms with E-state index in [4.69, 9.17) is 10.5 Å². The number of amides is 1. The minimum absolute atomic E-state index is 0.0547. The van der Waals surface area contributed by atoms with E-state index in [0.29, 0.717) is 12.5 Å². The zero-order valence-corrected chi connectivity index (χ0v) is 13.0. The summed E-state index contributed by atoms with van der Waals surface area (Å²) in [6.45, 7) is 4.45. The maximum atomic E-state index is 12.3. The van der Waals surface area contributed by atoms with Crippen LogP contribution in [0.5, 0.6) is 5.75 Å². The van der Waals surface area contributed by atoms with Gasteiger partial charge in [0.1, 0.15) is 5.75 Å². The summed E-state index contributed by atoms with van der Waals surface area (Å²) in [6.07, 6.45) is 4.01. The second-order valence-corrected chi connectivity index (χ2v) is 5.97. The third-order valence-electron chi connectivity index (χ3n) is 4.24. The Kier molecular flexibility index (Phi) is 5.62. The molecule has 4 heteroatoms. The van der Waals surface area contributed by atoms with Crippen molar-refractivity contribution in [2.75, 3.05) is 6.54 Å². The fraction of sp³-hybridized carbons (Fsp3) is 0.588. The van der Waals surface area contributed by atoms with Crippen LogP contribution in [0.25, 0.3) is 0 Å². The van der Waals surface area contributed by atoms with Gasteiger partial charge in [0, 0.05) is 6.04 Å². The molecule has 0 heterocycles. The van der Waals surface area contributed by atoms with Crippen LogP contribution >= 0.6 is 0 Å². The second kappa shape index (κ2) is 7.46. The number of carbonyl (C=O) groups is 1. The van der Waals surface area contributed by atoms with Crippen LogP contribution in [0.1, 0.15) is 38.2 Å². The molecule has 1 fully saturated rings. The minimum Gasteiger partial charge on any atom is -0.481 e. The van der Waals surface area contributed by atoms with E-state index < -0.39 is 6.10 Å². The zero-order chi connectivity index (χ0) is 15.2. The van der Waals surface area contributed by atoms with Crippen LogP contribution in [0, 0.1) is 12.8 Å². The number of ether oxygens (including phenoxy) is 1. The molecule has 0 saturated heterocycles. The summed E-state index contributed by atoms with van der Waals surface area (Å²) in [6, 6.07) is 7.93. The average Bonchev–Trinajstić information content (AvgIpc) is 2.50. The summed E-state index contributed by atoms with van der Waals surface area (Å²) in [5, 5.41) is 3.11. The van der Waals surface area contributed by atoms with Gasteiger partial charge in [0.05, 0.1) is 0 Å². The number of hydrogen-bond donors (Lipinski definition) is 2. The Bertz CT molecular complexity index is 458. The van der Waals surface area contributed by atoms with Crippen molar-refractivity contribution in [3.8, 4) is 5.75 Å². The molecule has 0 aliphatic heterocycles. The largest absolute Gasteiger partial charge is 0.481 e. The Morgan fingerprint density at radius 2 is 2.00 bits per heavy atom. The predicted molar refractivity (Wildman–Crippen MR) is 84.2 cm³/mol. The summed E-state index contributed by atoms with van der Waals surface area (Å²) in [5.74, 6) is 1.07. The van der Waals surface area contributed by atoms with Gasteiger partial charge in [-0.1, -0.05) is 30.5 Å². The molecule has 3 atom stereocenters. The maximum Gasteiger partial charge on any atom is 0.261 e. The van der Waals surface area contributed by atoms with Crippen molar-refractivity contribution in [1.29, 1.82) is 0 Å². The highest BCUT2D eigenvalue weighted by molar-refractivity contribution is 5.81. The molecule has 1 aromatic rings. The van der Waals surface area contributed by atoms with Crippen LogP contribution < -0.4 is 15.8 Å². The molecule has 1 aliphatic carbocycles. The number of hydrogen-bond acceptors (Lipinski definition) is 3. The van der Waals surface area contributed by atoms with Crippen molar-refractivity contribution in [2.45, 2.75) is 51.7 Å². The number of nitrogens with two attached hydrogens (primary N) is 1. The molecule has 0 bridgehead atoms. The molecule has 4 nitrogen and oxygen atoms in total. The molecule has 21 heavy (non-hydrogen) atoms. The van der Waals surface area contributed by atoms with E-state index in [1.54, 1.807) is 6.92 Å². The van der Waals surface area contributed by atoms with E-state index in [-0.39, 0.29) is 11.9 Å². The van der Waals surface area contributed by atoms with Gasteiger partial charge in [-0.3, -0.25) is 4.79 Å². The first-order chi connectivity index (χ1) is 10.1. The fourth-order valence-corrected chi connectivity index (χ4v) is 2.85. The van der Waals surface area contributed by atoms with E-state index in [9.17, 15) is 4.79 Å². The summed E-state index contributed by atoms with van der Waals surface area (Å²) in [5.41, 5.74) is 6.97. The number of aryl methyl sites for hydroxylation is 1. The first-order valence-electron chi connectivity index (χ1n) is 7.84. The summed E-state index contributed by atoms with van der Waals surface area (Å²) in [7, 11) is 0. The maximum absolute atomic E-state index is 12.3. The topological polar surface area (TPSA) is 64.3 Å². The van der Waals surface area contributed by atoms with E-state index >= 15 is 0 Å². The van der Waals surface area contributed by atoms with Crippen molar-refractivity contribution in [1.82, 2.24) is 5.32 Å². The third-order valence-corrected chi connectivity index (χ3v) is 4.24. The van der Waals surface area contributed by atoms with Crippen molar-refractivity contribution in [3.63, 3.8) is 0 Å². The molecule has 0 radical (unpaired) electrons. The van der Waals surface area contributed by atoms with Crippen LogP contribution in [0.4, 0.5) is 0 Å². The van der Waals surface area contributed by atoms with Crippen LogP contribution in [-0.2, 0) is 4.79 Å². The number of nitrogens with one attached hydrogen (secondary N) is 1. The SMILES string of the molecule is Cc1ccc(OC(C)C(=O)NC2CCCCC2CN)cc1. The Labute approximate surface area is 127 Å². The molecule has 1 saturated carbocycles. The molecule has 1 aromatic carbocycles. The highest BCUT2D eigenvalue weighted by Gasteiger charge is 2.27. The minimum atomic E-state index is -0.493. The lowest BCUT2D eigenvalue weighted by atomic mass is 9.84. The van der Waals surface area contributed by atoms with Crippen molar-refractivity contribution in [2.24, 2.45) is 11.7 Å². The normalized spacial score (nSPS) is 23.4. The molecular formula is C17H26N2O2. The van der Waals surface area contributed by atoms with Gasteiger partial charge in [-0.05, 0) is 51.3 Å². The Morgan fingerprint density at radius 3 is 2.67 bits per heavy atom. The Balaban J connectivity index is 1.88. The Morgan fingerprint density at radius 1 is 1.33 bits per heavy atom. The smallest absolute Gasteiger partial charge is 0.261 e. The fourth-order valence-electron chi connectivity index (χ4n) is 2.85. The second-order valence-electron chi connectivity index (χ2n) is 5.97. The molecule has 3 N–H and O–H groups in total. The van der Waals surface area contributed by atoms with Crippen molar-refractivity contribution in [3.05, 3.63) is 29.8 Å². The summed E-state index contributed by atoms with van der Waals surface area (Å²) in [4.78, 5) is 12.3. The number of carbonyl (C=O) groups excluding carboxylic acids is 1. The molecule has 0 spiro atoms. The van der Waals surface area contributed by atoms with Crippen LogP contribution in [0.3, 0.4) is 0 Å². The van der Waals surface area contributed by atoms with Gasteiger partial charge >= 0.3 is 0 Å². The first-order valence-corrected chi connectivity index (χ1v) is 7.84.